The van der Waals surface area contributed by atoms with E-state index in [1.807, 2.05) is 0 Å². The molecule has 0 fully saturated rings. The van der Waals surface area contributed by atoms with Gasteiger partial charge in [-0.3, -0.25) is 4.68 Å². The maximum atomic E-state index is 10.3. The van der Waals surface area contributed by atoms with E-state index in [1.165, 1.54) is 36.4 Å². The van der Waals surface area contributed by atoms with Gasteiger partial charge in [0.25, 0.3) is 0 Å². The van der Waals surface area contributed by atoms with Crippen LogP contribution in [0.5, 0.6) is 23.0 Å². The van der Waals surface area contributed by atoms with Gasteiger partial charge >= 0.3 is 0 Å². The summed E-state index contributed by atoms with van der Waals surface area (Å²) in [6, 6.07) is 9.90. The molecular formula is C21H20N4O4. The van der Waals surface area contributed by atoms with Crippen LogP contribution in [0.15, 0.2) is 65.2 Å². The highest BCUT2D eigenvalue weighted by atomic mass is 16.3. The summed E-state index contributed by atoms with van der Waals surface area (Å²) in [5, 5.41) is 43.6. The Morgan fingerprint density at radius 3 is 2.00 bits per heavy atom. The van der Waals surface area contributed by atoms with Crippen LogP contribution in [-0.2, 0) is 7.05 Å². The number of hydrogen-bond acceptors (Lipinski definition) is 6. The smallest absolute Gasteiger partial charge is 0.163 e. The predicted molar refractivity (Wildman–Crippen MR) is 111 cm³/mol. The zero-order valence-corrected chi connectivity index (χ0v) is 15.9. The van der Waals surface area contributed by atoms with Gasteiger partial charge in [0, 0.05) is 30.9 Å². The van der Waals surface area contributed by atoms with Crippen molar-refractivity contribution in [2.75, 3.05) is 0 Å². The van der Waals surface area contributed by atoms with Gasteiger partial charge in [0.2, 0.25) is 0 Å². The van der Waals surface area contributed by atoms with E-state index in [0.29, 0.717) is 11.3 Å². The number of rotatable bonds is 4. The van der Waals surface area contributed by atoms with Gasteiger partial charge in [-0.2, -0.15) is 5.10 Å². The van der Waals surface area contributed by atoms with Crippen molar-refractivity contribution in [2.45, 2.75) is 6.92 Å². The van der Waals surface area contributed by atoms with Crippen LogP contribution in [-0.4, -0.2) is 41.8 Å². The summed E-state index contributed by atoms with van der Waals surface area (Å²) in [7, 11) is 1.77. The largest absolute Gasteiger partial charge is 0.508 e. The highest BCUT2D eigenvalue weighted by molar-refractivity contribution is 6.13. The molecule has 3 rings (SSSR count). The number of phenols is 4. The molecule has 0 aliphatic carbocycles. The maximum absolute atomic E-state index is 10.3. The summed E-state index contributed by atoms with van der Waals surface area (Å²) in [4.78, 5) is 8.92. The number of phenolic OH excluding ortho intramolecular Hbond substituents is 4. The fourth-order valence-electron chi connectivity index (χ4n) is 2.75. The van der Waals surface area contributed by atoms with Crippen molar-refractivity contribution in [1.82, 2.24) is 9.78 Å². The third-order valence-corrected chi connectivity index (χ3v) is 4.22. The van der Waals surface area contributed by atoms with Crippen molar-refractivity contribution in [3.63, 3.8) is 0 Å². The molecule has 0 amide bonds. The molecule has 0 aliphatic heterocycles. The number of amidine groups is 1. The lowest BCUT2D eigenvalue weighted by Crippen LogP contribution is -2.08. The Morgan fingerprint density at radius 1 is 0.897 bits per heavy atom. The molecule has 1 heterocycles. The molecule has 0 saturated heterocycles. The van der Waals surface area contributed by atoms with Crippen molar-refractivity contribution in [2.24, 2.45) is 17.0 Å². The SMILES string of the molecule is C=C(N=C(N=C(C)c1ccnn1C)c1ccc(O)cc1O)c1ccc(O)cc1O. The maximum Gasteiger partial charge on any atom is 0.163 e. The van der Waals surface area contributed by atoms with Crippen LogP contribution < -0.4 is 0 Å². The van der Waals surface area contributed by atoms with Crippen LogP contribution >= 0.6 is 0 Å². The molecule has 8 heteroatoms. The number of aromatic nitrogens is 2. The average molecular weight is 392 g/mol. The van der Waals surface area contributed by atoms with E-state index < -0.39 is 0 Å². The highest BCUT2D eigenvalue weighted by Gasteiger charge is 2.14. The van der Waals surface area contributed by atoms with Crippen LogP contribution in [0.1, 0.15) is 23.7 Å². The number of nitrogens with zero attached hydrogens (tertiary/aromatic N) is 4. The molecule has 8 nitrogen and oxygen atoms in total. The molecule has 3 aromatic rings. The number of aromatic hydroxyl groups is 4. The highest BCUT2D eigenvalue weighted by Crippen LogP contribution is 2.30. The van der Waals surface area contributed by atoms with E-state index in [1.54, 1.807) is 30.9 Å². The first-order valence-corrected chi connectivity index (χ1v) is 8.62. The number of aliphatic imine (C=N–C) groups is 2. The standard InChI is InChI=1S/C21H20N4O4/c1-12(16-6-4-14(26)10-19(16)28)23-21(17-7-5-15(27)11-20(17)29)24-13(2)18-8-9-22-25(18)3/h4-11,26-29H,1H2,2-3H3. The topological polar surface area (TPSA) is 123 Å². The molecule has 0 atom stereocenters. The molecule has 1 aromatic heterocycles. The van der Waals surface area contributed by atoms with Gasteiger partial charge in [-0.15, -0.1) is 0 Å². The minimum Gasteiger partial charge on any atom is -0.508 e. The second-order valence-electron chi connectivity index (χ2n) is 6.32. The minimum absolute atomic E-state index is 0.0931. The lowest BCUT2D eigenvalue weighted by Gasteiger charge is -2.10. The van der Waals surface area contributed by atoms with E-state index in [2.05, 4.69) is 21.7 Å². The molecular weight excluding hydrogens is 372 g/mol. The monoisotopic (exact) mass is 392 g/mol. The van der Waals surface area contributed by atoms with Crippen molar-refractivity contribution in [1.29, 1.82) is 0 Å². The van der Waals surface area contributed by atoms with E-state index in [-0.39, 0.29) is 40.1 Å². The summed E-state index contributed by atoms with van der Waals surface area (Å²) in [5.41, 5.74) is 2.07. The molecule has 148 valence electrons. The summed E-state index contributed by atoms with van der Waals surface area (Å²) in [5.74, 6) is -0.482. The first-order valence-electron chi connectivity index (χ1n) is 8.62. The zero-order chi connectivity index (χ0) is 21.1. The fraction of sp³-hybridized carbons (Fsp3) is 0.0952. The van der Waals surface area contributed by atoms with E-state index in [9.17, 15) is 20.4 Å². The normalized spacial score (nSPS) is 12.2. The van der Waals surface area contributed by atoms with Crippen LogP contribution in [0.4, 0.5) is 0 Å². The van der Waals surface area contributed by atoms with Crippen molar-refractivity contribution >= 4 is 17.2 Å². The van der Waals surface area contributed by atoms with Crippen molar-refractivity contribution < 1.29 is 20.4 Å². The summed E-state index contributed by atoms with van der Waals surface area (Å²) < 4.78 is 1.65. The lowest BCUT2D eigenvalue weighted by molar-refractivity contribution is 0.449. The third-order valence-electron chi connectivity index (χ3n) is 4.22. The number of benzene rings is 2. The van der Waals surface area contributed by atoms with E-state index in [0.717, 1.165) is 5.69 Å². The molecule has 0 spiro atoms. The third kappa shape index (κ3) is 4.27. The van der Waals surface area contributed by atoms with Gasteiger partial charge in [0.15, 0.2) is 5.84 Å². The average Bonchev–Trinajstić information content (AvgIpc) is 3.07. The molecule has 0 radical (unpaired) electrons. The van der Waals surface area contributed by atoms with Gasteiger partial charge in [-0.05, 0) is 37.3 Å². The molecule has 2 aromatic carbocycles. The molecule has 0 bridgehead atoms. The summed E-state index contributed by atoms with van der Waals surface area (Å²) in [6.07, 6.45) is 1.64. The van der Waals surface area contributed by atoms with E-state index >= 15 is 0 Å². The second-order valence-corrected chi connectivity index (χ2v) is 6.32. The van der Waals surface area contributed by atoms with Gasteiger partial charge in [0.1, 0.15) is 23.0 Å². The molecule has 29 heavy (non-hydrogen) atoms. The number of aryl methyl sites for hydroxylation is 1. The number of hydrogen-bond donors (Lipinski definition) is 4. The first-order chi connectivity index (χ1) is 13.8. The molecule has 4 N–H and O–H groups in total. The summed E-state index contributed by atoms with van der Waals surface area (Å²) in [6.45, 7) is 5.64. The van der Waals surface area contributed by atoms with Crippen molar-refractivity contribution in [3.05, 3.63) is 72.1 Å². The fourth-order valence-corrected chi connectivity index (χ4v) is 2.75. The van der Waals surface area contributed by atoms with Gasteiger partial charge in [-0.1, -0.05) is 6.58 Å². The lowest BCUT2D eigenvalue weighted by atomic mass is 10.1. The van der Waals surface area contributed by atoms with Crippen LogP contribution in [0, 0.1) is 0 Å². The van der Waals surface area contributed by atoms with Crippen LogP contribution in [0.2, 0.25) is 0 Å². The molecule has 0 aliphatic rings. The van der Waals surface area contributed by atoms with Crippen LogP contribution in [0.3, 0.4) is 0 Å². The van der Waals surface area contributed by atoms with Crippen LogP contribution in [0.25, 0.3) is 5.70 Å². The Labute approximate surface area is 167 Å². The molecule has 0 saturated carbocycles. The second kappa shape index (κ2) is 7.89. The molecule has 0 unspecified atom stereocenters. The summed E-state index contributed by atoms with van der Waals surface area (Å²) >= 11 is 0. The Bertz CT molecular complexity index is 1150. The van der Waals surface area contributed by atoms with Gasteiger partial charge in [0.05, 0.1) is 22.7 Å². The minimum atomic E-state index is -0.215. The Morgan fingerprint density at radius 2 is 1.48 bits per heavy atom. The van der Waals surface area contributed by atoms with Crippen molar-refractivity contribution in [3.8, 4) is 23.0 Å². The Balaban J connectivity index is 2.13. The Kier molecular flexibility index (Phi) is 5.36. The zero-order valence-electron chi connectivity index (χ0n) is 15.9. The quantitative estimate of drug-likeness (QED) is 0.401. The van der Waals surface area contributed by atoms with E-state index in [4.69, 9.17) is 0 Å². The van der Waals surface area contributed by atoms with Gasteiger partial charge < -0.3 is 20.4 Å². The van der Waals surface area contributed by atoms with Gasteiger partial charge in [-0.25, -0.2) is 9.98 Å². The first kappa shape index (κ1) is 19.7. The predicted octanol–water partition coefficient (Wildman–Crippen LogP) is 3.17. The Hall–Kier alpha value is -4.07.